The van der Waals surface area contributed by atoms with Crippen LogP contribution in [0.2, 0.25) is 0 Å². The Morgan fingerprint density at radius 1 is 1.50 bits per heavy atom. The van der Waals surface area contributed by atoms with E-state index in [1.165, 1.54) is 0 Å². The van der Waals surface area contributed by atoms with Crippen molar-refractivity contribution in [2.24, 2.45) is 0 Å². The summed E-state index contributed by atoms with van der Waals surface area (Å²) in [5, 5.41) is 5.21. The summed E-state index contributed by atoms with van der Waals surface area (Å²) < 4.78 is 0. The van der Waals surface area contributed by atoms with E-state index in [1.807, 2.05) is 17.9 Å². The molecular weight excluding hydrogens is 144 g/mol. The molecule has 2 nitrogen and oxygen atoms in total. The Bertz CT molecular complexity index is 91.6. The molecule has 0 aromatic carbocycles. The van der Waals surface area contributed by atoms with Crippen LogP contribution < -0.4 is 5.32 Å². The molecule has 0 fully saturated rings. The average Bonchev–Trinajstić information content (AvgIpc) is 1.87. The fraction of sp³-hybridized carbons (Fsp3) is 0.714. The quantitative estimate of drug-likeness (QED) is 0.603. The number of hydrogen-bond donors (Lipinski definition) is 1. The molecule has 0 rings (SSSR count). The van der Waals surface area contributed by atoms with Gasteiger partial charge in [0.1, 0.15) is 0 Å². The number of hydrogen-bond acceptors (Lipinski definition) is 3. The van der Waals surface area contributed by atoms with Gasteiger partial charge in [-0.2, -0.15) is 0 Å². The summed E-state index contributed by atoms with van der Waals surface area (Å²) in [5.41, 5.74) is 0. The normalized spacial score (nSPS) is 11.2. The van der Waals surface area contributed by atoms with E-state index in [4.69, 9.17) is 0 Å². The molecule has 3 heteroatoms. The Balaban J connectivity index is 2.97. The van der Waals surface area contributed by atoms with Crippen molar-refractivity contribution < 1.29 is 0 Å². The Kier molecular flexibility index (Phi) is 6.86. The largest absolute Gasteiger partial charge is 0.389 e. The van der Waals surface area contributed by atoms with E-state index in [1.54, 1.807) is 11.8 Å². The maximum atomic E-state index is 3.17. The topological polar surface area (TPSA) is 15.3 Å². The maximum absolute atomic E-state index is 3.17. The first kappa shape index (κ1) is 9.85. The Morgan fingerprint density at radius 2 is 2.20 bits per heavy atom. The zero-order chi connectivity index (χ0) is 7.82. The van der Waals surface area contributed by atoms with Crippen molar-refractivity contribution in [3.05, 3.63) is 11.6 Å². The van der Waals surface area contributed by atoms with Crippen molar-refractivity contribution in [2.45, 2.75) is 0 Å². The second kappa shape index (κ2) is 6.96. The Labute approximate surface area is 67.7 Å². The van der Waals surface area contributed by atoms with Crippen molar-refractivity contribution in [3.63, 3.8) is 0 Å². The molecule has 0 radical (unpaired) electrons. The van der Waals surface area contributed by atoms with Gasteiger partial charge in [-0.25, -0.2) is 0 Å². The van der Waals surface area contributed by atoms with Crippen LogP contribution in [-0.2, 0) is 0 Å². The predicted molar refractivity (Wildman–Crippen MR) is 49.2 cm³/mol. The van der Waals surface area contributed by atoms with Gasteiger partial charge < -0.3 is 10.2 Å². The fourth-order valence-corrected chi connectivity index (χ4v) is 0.720. The third kappa shape index (κ3) is 7.85. The highest BCUT2D eigenvalue weighted by Crippen LogP contribution is 1.89. The first-order chi connectivity index (χ1) is 4.77. The lowest BCUT2D eigenvalue weighted by Gasteiger charge is -2.07. The molecule has 0 spiro atoms. The second-order valence-electron chi connectivity index (χ2n) is 2.30. The molecule has 0 aliphatic rings. The molecule has 0 aromatic heterocycles. The summed E-state index contributed by atoms with van der Waals surface area (Å²) in [6.45, 7) is 2.10. The maximum Gasteiger partial charge on any atom is 0.0269 e. The van der Waals surface area contributed by atoms with Crippen LogP contribution in [0.15, 0.2) is 11.6 Å². The van der Waals surface area contributed by atoms with Crippen LogP contribution in [0, 0.1) is 0 Å². The highest BCUT2D eigenvalue weighted by molar-refractivity contribution is 8.01. The summed E-state index contributed by atoms with van der Waals surface area (Å²) in [6, 6.07) is 0. The summed E-state index contributed by atoms with van der Waals surface area (Å²) in [4.78, 5) is 2.15. The monoisotopic (exact) mass is 160 g/mol. The molecule has 1 N–H and O–H groups in total. The van der Waals surface area contributed by atoms with Crippen LogP contribution >= 0.6 is 11.8 Å². The Hall–Kier alpha value is -0.150. The summed E-state index contributed by atoms with van der Waals surface area (Å²) in [7, 11) is 4.14. The predicted octanol–water partition coefficient (Wildman–Crippen LogP) is 0.972. The van der Waals surface area contributed by atoms with E-state index in [2.05, 4.69) is 24.3 Å². The van der Waals surface area contributed by atoms with Crippen LogP contribution in [0.1, 0.15) is 0 Å². The second-order valence-corrected chi connectivity index (χ2v) is 3.04. The number of nitrogens with one attached hydrogen (secondary N) is 1. The Morgan fingerprint density at radius 3 is 2.70 bits per heavy atom. The first-order valence-corrected chi connectivity index (χ1v) is 4.62. The van der Waals surface area contributed by atoms with Gasteiger partial charge in [-0.3, -0.25) is 0 Å². The highest BCUT2D eigenvalue weighted by atomic mass is 32.2. The third-order valence-corrected chi connectivity index (χ3v) is 1.43. The van der Waals surface area contributed by atoms with Gasteiger partial charge in [-0.1, -0.05) is 0 Å². The molecule has 60 valence electrons. The molecule has 0 saturated heterocycles. The van der Waals surface area contributed by atoms with Crippen LogP contribution in [0.5, 0.6) is 0 Å². The van der Waals surface area contributed by atoms with E-state index in [0.29, 0.717) is 0 Å². The van der Waals surface area contributed by atoms with Crippen LogP contribution in [0.25, 0.3) is 0 Å². The minimum atomic E-state index is 1.02. The third-order valence-electron chi connectivity index (χ3n) is 1.03. The van der Waals surface area contributed by atoms with Crippen molar-refractivity contribution in [1.29, 1.82) is 0 Å². The lowest BCUT2D eigenvalue weighted by molar-refractivity contribution is 0.410. The highest BCUT2D eigenvalue weighted by Gasteiger charge is 1.84. The van der Waals surface area contributed by atoms with Gasteiger partial charge in [0.05, 0.1) is 0 Å². The number of nitrogens with zero attached hydrogens (tertiary/aromatic N) is 1. The van der Waals surface area contributed by atoms with Crippen molar-refractivity contribution in [2.75, 3.05) is 33.4 Å². The smallest absolute Gasteiger partial charge is 0.0269 e. The zero-order valence-electron chi connectivity index (χ0n) is 6.92. The SMILES string of the molecule is CS/C=C\NCCN(C)C. The zero-order valence-corrected chi connectivity index (χ0v) is 7.74. The van der Waals surface area contributed by atoms with Crippen LogP contribution in [0.4, 0.5) is 0 Å². The minimum absolute atomic E-state index is 1.02. The van der Waals surface area contributed by atoms with E-state index >= 15 is 0 Å². The molecule has 0 aromatic rings. The van der Waals surface area contributed by atoms with Crippen molar-refractivity contribution in [1.82, 2.24) is 10.2 Å². The summed E-state index contributed by atoms with van der Waals surface area (Å²) in [5.74, 6) is 0. The average molecular weight is 160 g/mol. The summed E-state index contributed by atoms with van der Waals surface area (Å²) in [6.07, 6.45) is 4.03. The lowest BCUT2D eigenvalue weighted by atomic mass is 10.6. The molecule has 0 atom stereocenters. The van der Waals surface area contributed by atoms with E-state index in [0.717, 1.165) is 13.1 Å². The molecule has 0 amide bonds. The van der Waals surface area contributed by atoms with Crippen molar-refractivity contribution >= 4 is 11.8 Å². The van der Waals surface area contributed by atoms with Gasteiger partial charge in [0.15, 0.2) is 0 Å². The molecule has 0 unspecified atom stereocenters. The molecule has 0 saturated carbocycles. The molecule has 0 heterocycles. The number of likely N-dealkylation sites (N-methyl/N-ethyl adjacent to an activating group) is 1. The molecular formula is C7H16N2S. The fourth-order valence-electron chi connectivity index (χ4n) is 0.488. The molecule has 0 aliphatic heterocycles. The van der Waals surface area contributed by atoms with Crippen LogP contribution in [-0.4, -0.2) is 38.3 Å². The number of thioether (sulfide) groups is 1. The first-order valence-electron chi connectivity index (χ1n) is 3.33. The van der Waals surface area contributed by atoms with Crippen LogP contribution in [0.3, 0.4) is 0 Å². The van der Waals surface area contributed by atoms with Gasteiger partial charge in [-0.15, -0.1) is 11.8 Å². The van der Waals surface area contributed by atoms with E-state index in [-0.39, 0.29) is 0 Å². The molecule has 0 bridgehead atoms. The van der Waals surface area contributed by atoms with Gasteiger partial charge in [0.2, 0.25) is 0 Å². The van der Waals surface area contributed by atoms with E-state index in [9.17, 15) is 0 Å². The van der Waals surface area contributed by atoms with E-state index < -0.39 is 0 Å². The van der Waals surface area contributed by atoms with Gasteiger partial charge in [0, 0.05) is 19.3 Å². The lowest BCUT2D eigenvalue weighted by Crippen LogP contribution is -2.23. The van der Waals surface area contributed by atoms with Crippen molar-refractivity contribution in [3.8, 4) is 0 Å². The van der Waals surface area contributed by atoms with Gasteiger partial charge in [0.25, 0.3) is 0 Å². The number of rotatable bonds is 5. The minimum Gasteiger partial charge on any atom is -0.389 e. The molecule has 0 aliphatic carbocycles. The van der Waals surface area contributed by atoms with Gasteiger partial charge >= 0.3 is 0 Å². The molecule has 10 heavy (non-hydrogen) atoms. The standard InChI is InChI=1S/C7H16N2S/c1-9(2)6-4-8-5-7-10-3/h5,7-8H,4,6H2,1-3H3/b7-5-. The summed E-state index contributed by atoms with van der Waals surface area (Å²) >= 11 is 1.70. The van der Waals surface area contributed by atoms with Gasteiger partial charge in [-0.05, 0) is 25.8 Å².